The van der Waals surface area contributed by atoms with Gasteiger partial charge in [-0.1, -0.05) is 83.1 Å². The molecule has 3 rings (SSSR count). The van der Waals surface area contributed by atoms with Gasteiger partial charge < -0.3 is 0 Å². The first kappa shape index (κ1) is 23.8. The van der Waals surface area contributed by atoms with E-state index < -0.39 is 0 Å². The first-order valence-corrected chi connectivity index (χ1v) is 11.7. The lowest BCUT2D eigenvalue weighted by Gasteiger charge is -2.19. The average molecular weight is 418 g/mol. The fraction of sp³-hybridized carbons (Fsp3) is 0.286. The molecule has 1 aliphatic carbocycles. The Bertz CT molecular complexity index is 936. The van der Waals surface area contributed by atoms with Gasteiger partial charge in [-0.2, -0.15) is 0 Å². The van der Waals surface area contributed by atoms with Crippen molar-refractivity contribution >= 4 is 17.5 Å². The van der Waals surface area contributed by atoms with E-state index in [1.807, 2.05) is 44.5 Å². The van der Waals surface area contributed by atoms with Crippen LogP contribution < -0.4 is 0 Å². The second kappa shape index (κ2) is 10.5. The normalized spacial score (nSPS) is 13.5. The minimum atomic E-state index is 0.0678. The van der Waals surface area contributed by atoms with Gasteiger partial charge in [0.2, 0.25) is 0 Å². The summed E-state index contributed by atoms with van der Waals surface area (Å²) in [6.07, 6.45) is 9.26. The Balaban J connectivity index is 0.00000155. The number of carbonyl (C=O) groups is 1. The lowest BCUT2D eigenvalue weighted by molar-refractivity contribution is 0.103. The van der Waals surface area contributed by atoms with Crippen LogP contribution in [0.15, 0.2) is 83.3 Å². The van der Waals surface area contributed by atoms with Gasteiger partial charge in [-0.05, 0) is 29.4 Å². The largest absolute Gasteiger partial charge is 0.289 e. The Morgan fingerprint density at radius 1 is 0.967 bits per heavy atom. The third-order valence-corrected chi connectivity index (χ3v) is 5.80. The lowest BCUT2D eigenvalue weighted by Crippen LogP contribution is -2.11. The minimum Gasteiger partial charge on any atom is -0.289 e. The zero-order valence-corrected chi connectivity index (χ0v) is 19.9. The van der Waals surface area contributed by atoms with E-state index >= 15 is 0 Å². The Morgan fingerprint density at radius 3 is 2.00 bits per heavy atom. The van der Waals surface area contributed by atoms with Crippen LogP contribution in [0.4, 0.5) is 0 Å². The van der Waals surface area contributed by atoms with Crippen LogP contribution in [0.3, 0.4) is 0 Å². The number of benzene rings is 2. The van der Waals surface area contributed by atoms with E-state index in [1.54, 1.807) is 11.8 Å². The molecular weight excluding hydrogens is 384 g/mol. The average Bonchev–Trinajstić information content (AvgIpc) is 2.76. The number of allylic oxidation sites excluding steroid dienone is 4. The number of hydrogen-bond acceptors (Lipinski definition) is 2. The zero-order valence-electron chi connectivity index (χ0n) is 19.1. The second-order valence-electron chi connectivity index (χ2n) is 8.18. The van der Waals surface area contributed by atoms with Crippen molar-refractivity contribution in [2.75, 3.05) is 6.26 Å². The van der Waals surface area contributed by atoms with Crippen molar-refractivity contribution in [1.29, 1.82) is 0 Å². The molecule has 0 amide bonds. The molecule has 1 nitrogen and oxygen atoms in total. The van der Waals surface area contributed by atoms with Crippen LogP contribution in [0.25, 0.3) is 0 Å². The molecule has 0 saturated heterocycles. The molecule has 0 aliphatic heterocycles. The van der Waals surface area contributed by atoms with Crippen LogP contribution in [0.5, 0.6) is 0 Å². The number of hydrogen-bond donors (Lipinski definition) is 0. The molecular formula is C28H33OS+. The van der Waals surface area contributed by atoms with Crippen molar-refractivity contribution in [3.8, 4) is 0 Å². The van der Waals surface area contributed by atoms with Crippen molar-refractivity contribution in [3.05, 3.63) is 112 Å². The minimum absolute atomic E-state index is 0.0678. The highest BCUT2D eigenvalue weighted by Gasteiger charge is 2.18. The van der Waals surface area contributed by atoms with Crippen LogP contribution >= 0.6 is 11.8 Å². The zero-order chi connectivity index (χ0) is 22.3. The van der Waals surface area contributed by atoms with E-state index in [2.05, 4.69) is 70.0 Å². The molecule has 2 aromatic rings. The van der Waals surface area contributed by atoms with Gasteiger partial charge in [0.25, 0.3) is 0 Å². The smallest absolute Gasteiger partial charge is 0.193 e. The summed E-state index contributed by atoms with van der Waals surface area (Å²) in [7, 11) is 0. The molecule has 1 aliphatic rings. The van der Waals surface area contributed by atoms with E-state index in [4.69, 9.17) is 0 Å². The van der Waals surface area contributed by atoms with Gasteiger partial charge in [0.05, 0.1) is 10.5 Å². The number of thioether (sulfide) groups is 1. The highest BCUT2D eigenvalue weighted by molar-refractivity contribution is 8.02. The summed E-state index contributed by atoms with van der Waals surface area (Å²) in [4.78, 5) is 14.1. The van der Waals surface area contributed by atoms with Crippen molar-refractivity contribution in [1.82, 2.24) is 0 Å². The first-order valence-electron chi connectivity index (χ1n) is 10.5. The summed E-state index contributed by atoms with van der Waals surface area (Å²) >= 11 is 1.74. The molecule has 30 heavy (non-hydrogen) atoms. The summed E-state index contributed by atoms with van der Waals surface area (Å²) < 4.78 is 0. The Kier molecular flexibility index (Phi) is 8.37. The molecule has 0 aromatic heterocycles. The van der Waals surface area contributed by atoms with Gasteiger partial charge in [-0.25, -0.2) is 0 Å². The van der Waals surface area contributed by atoms with Crippen LogP contribution in [-0.4, -0.2) is 12.0 Å². The number of carbonyl (C=O) groups excluding carboxylic acids is 1. The monoisotopic (exact) mass is 417 g/mol. The summed E-state index contributed by atoms with van der Waals surface area (Å²) in [6.45, 7) is 14.5. The van der Waals surface area contributed by atoms with E-state index in [9.17, 15) is 4.79 Å². The highest BCUT2D eigenvalue weighted by Crippen LogP contribution is 2.31. The second-order valence-corrected chi connectivity index (χ2v) is 9.02. The summed E-state index contributed by atoms with van der Waals surface area (Å²) in [5.74, 6) is 0.0678. The van der Waals surface area contributed by atoms with E-state index in [-0.39, 0.29) is 11.2 Å². The summed E-state index contributed by atoms with van der Waals surface area (Å²) in [6, 6.07) is 15.9. The Hall–Kier alpha value is -2.45. The molecule has 0 atom stereocenters. The molecule has 0 saturated carbocycles. The lowest BCUT2D eigenvalue weighted by atomic mass is 9.86. The van der Waals surface area contributed by atoms with Gasteiger partial charge in [0, 0.05) is 41.7 Å². The first-order chi connectivity index (χ1) is 14.3. The number of ketones is 1. The Morgan fingerprint density at radius 2 is 1.50 bits per heavy atom. The molecule has 0 radical (unpaired) electrons. The van der Waals surface area contributed by atoms with Crippen molar-refractivity contribution < 1.29 is 4.79 Å². The maximum Gasteiger partial charge on any atom is 0.193 e. The summed E-state index contributed by atoms with van der Waals surface area (Å²) in [5.41, 5.74) is 6.31. The van der Waals surface area contributed by atoms with Crippen molar-refractivity contribution in [2.24, 2.45) is 0 Å². The van der Waals surface area contributed by atoms with Crippen LogP contribution in [0.1, 0.15) is 61.7 Å². The third kappa shape index (κ3) is 6.03. The van der Waals surface area contributed by atoms with Gasteiger partial charge in [-0.15, -0.1) is 11.8 Å². The predicted octanol–water partition coefficient (Wildman–Crippen LogP) is 7.73. The Labute approximate surface area is 187 Å². The molecule has 2 aromatic carbocycles. The van der Waals surface area contributed by atoms with Gasteiger partial charge in [0.1, 0.15) is 0 Å². The van der Waals surface area contributed by atoms with Crippen LogP contribution in [0, 0.1) is 6.42 Å². The molecule has 0 heterocycles. The third-order valence-electron chi connectivity index (χ3n) is 4.98. The summed E-state index contributed by atoms with van der Waals surface area (Å²) in [5, 5.41) is 0. The molecule has 0 spiro atoms. The molecule has 2 heteroatoms. The standard InChI is InChI=1S/C26H27OS.C2H6/c1-18-6-9-22(24(16-18)28-5)17-19-7-10-20(11-8-19)25(27)21-12-14-23(15-13-21)26(2,3)4;1-2/h6-16H,1,17H2,2-5H3;1-2H3/q+1;. The molecule has 156 valence electrons. The van der Waals surface area contributed by atoms with Gasteiger partial charge >= 0.3 is 0 Å². The SMILES string of the molecule is C=C1C=C(SC)C(Cc2ccc(C(=O)c3ccc(C(C)(C)C)cc3)cc2)=C[CH+]1.CC. The van der Waals surface area contributed by atoms with E-state index in [0.717, 1.165) is 23.1 Å². The molecule has 0 unspecified atom stereocenters. The fourth-order valence-electron chi connectivity index (χ4n) is 3.22. The quantitative estimate of drug-likeness (QED) is 0.366. The maximum absolute atomic E-state index is 12.8. The maximum atomic E-state index is 12.8. The van der Waals surface area contributed by atoms with Gasteiger partial charge in [0.15, 0.2) is 5.78 Å². The van der Waals surface area contributed by atoms with E-state index in [0.29, 0.717) is 0 Å². The number of rotatable bonds is 5. The van der Waals surface area contributed by atoms with Gasteiger partial charge in [-0.3, -0.25) is 4.79 Å². The van der Waals surface area contributed by atoms with Crippen molar-refractivity contribution in [2.45, 2.75) is 46.5 Å². The predicted molar refractivity (Wildman–Crippen MR) is 133 cm³/mol. The van der Waals surface area contributed by atoms with Crippen LogP contribution in [-0.2, 0) is 11.8 Å². The molecule has 0 bridgehead atoms. The topological polar surface area (TPSA) is 17.1 Å². The molecule has 0 fully saturated rings. The molecule has 0 N–H and O–H groups in total. The van der Waals surface area contributed by atoms with Crippen molar-refractivity contribution in [3.63, 3.8) is 0 Å². The fourth-order valence-corrected chi connectivity index (χ4v) is 3.89. The van der Waals surface area contributed by atoms with Crippen LogP contribution in [0.2, 0.25) is 0 Å². The highest BCUT2D eigenvalue weighted by atomic mass is 32.2. The van der Waals surface area contributed by atoms with E-state index in [1.165, 1.54) is 21.6 Å².